The summed E-state index contributed by atoms with van der Waals surface area (Å²) in [7, 11) is 0. The fourth-order valence-electron chi connectivity index (χ4n) is 4.22. The van der Waals surface area contributed by atoms with Crippen molar-refractivity contribution in [1.29, 1.82) is 0 Å². The van der Waals surface area contributed by atoms with Crippen molar-refractivity contribution in [3.8, 4) is 0 Å². The van der Waals surface area contributed by atoms with Gasteiger partial charge in [0, 0.05) is 6.04 Å². The van der Waals surface area contributed by atoms with Crippen molar-refractivity contribution >= 4 is 23.0 Å². The third-order valence-corrected chi connectivity index (χ3v) is 5.49. The summed E-state index contributed by atoms with van der Waals surface area (Å²) in [6.07, 6.45) is 0.720. The number of nitrogens with one attached hydrogen (secondary N) is 2. The zero-order chi connectivity index (χ0) is 16.6. The molecule has 2 aliphatic rings. The van der Waals surface area contributed by atoms with E-state index in [2.05, 4.69) is 17.6 Å². The number of benzene rings is 1. The molecule has 6 heteroatoms. The molecule has 2 fully saturated rings. The average molecular weight is 342 g/mol. The minimum atomic E-state index is -4.39. The molecule has 4 atom stereocenters. The number of fused-ring (bicyclic) bond motifs is 2. The Morgan fingerprint density at radius 1 is 1.22 bits per heavy atom. The molecule has 23 heavy (non-hydrogen) atoms. The lowest BCUT2D eigenvalue weighted by atomic mass is 9.84. The van der Waals surface area contributed by atoms with Gasteiger partial charge in [-0.05, 0) is 68.3 Å². The molecule has 126 valence electrons. The van der Waals surface area contributed by atoms with Gasteiger partial charge in [-0.25, -0.2) is 0 Å². The van der Waals surface area contributed by atoms with Crippen molar-refractivity contribution in [3.63, 3.8) is 0 Å². The van der Waals surface area contributed by atoms with Crippen molar-refractivity contribution < 1.29 is 13.2 Å². The van der Waals surface area contributed by atoms with Crippen molar-refractivity contribution in [2.75, 3.05) is 5.32 Å². The number of rotatable bonds is 3. The first-order valence-corrected chi connectivity index (χ1v) is 8.49. The molecule has 0 saturated heterocycles. The number of hydrogen-bond donors (Lipinski definition) is 2. The van der Waals surface area contributed by atoms with E-state index >= 15 is 0 Å². The van der Waals surface area contributed by atoms with E-state index in [4.69, 9.17) is 12.2 Å². The first kappa shape index (κ1) is 16.6. The van der Waals surface area contributed by atoms with E-state index < -0.39 is 11.7 Å². The summed E-state index contributed by atoms with van der Waals surface area (Å²) in [6, 6.07) is 5.59. The third kappa shape index (κ3) is 3.62. The molecular weight excluding hydrogens is 321 g/mol. The highest BCUT2D eigenvalue weighted by Gasteiger charge is 2.42. The topological polar surface area (TPSA) is 24.1 Å². The maximum Gasteiger partial charge on any atom is 0.418 e. The van der Waals surface area contributed by atoms with Gasteiger partial charge >= 0.3 is 6.18 Å². The van der Waals surface area contributed by atoms with E-state index in [-0.39, 0.29) is 16.8 Å². The zero-order valence-corrected chi connectivity index (χ0v) is 13.8. The van der Waals surface area contributed by atoms with Gasteiger partial charge in [-0.2, -0.15) is 13.2 Å². The quantitative estimate of drug-likeness (QED) is 0.771. The number of thiocarbonyl (C=S) groups is 1. The monoisotopic (exact) mass is 342 g/mol. The Balaban J connectivity index is 1.62. The van der Waals surface area contributed by atoms with Crippen molar-refractivity contribution in [3.05, 3.63) is 29.8 Å². The SMILES string of the molecule is C[C@@H](NC(=S)Nc1ccccc1C(F)(F)F)[C@@H]1C[C@@H]2CC[C@@H]1C2. The molecule has 0 aromatic heterocycles. The fourth-order valence-corrected chi connectivity index (χ4v) is 4.51. The smallest absolute Gasteiger partial charge is 0.360 e. The van der Waals surface area contributed by atoms with Crippen LogP contribution in [-0.2, 0) is 6.18 Å². The molecular formula is C17H21F3N2S. The lowest BCUT2D eigenvalue weighted by Gasteiger charge is -2.29. The van der Waals surface area contributed by atoms with Gasteiger partial charge in [-0.1, -0.05) is 18.6 Å². The van der Waals surface area contributed by atoms with Crippen LogP contribution < -0.4 is 10.6 Å². The summed E-state index contributed by atoms with van der Waals surface area (Å²) in [4.78, 5) is 0. The molecule has 0 heterocycles. The molecule has 2 saturated carbocycles. The van der Waals surface area contributed by atoms with Crippen LogP contribution in [0.15, 0.2) is 24.3 Å². The van der Waals surface area contributed by atoms with Gasteiger partial charge in [-0.15, -0.1) is 0 Å². The number of alkyl halides is 3. The van der Waals surface area contributed by atoms with E-state index in [1.807, 2.05) is 0 Å². The largest absolute Gasteiger partial charge is 0.418 e. The lowest BCUT2D eigenvalue weighted by Crippen LogP contribution is -2.42. The zero-order valence-electron chi connectivity index (χ0n) is 13.0. The summed E-state index contributed by atoms with van der Waals surface area (Å²) in [6.45, 7) is 2.08. The van der Waals surface area contributed by atoms with Crippen LogP contribution in [0.5, 0.6) is 0 Å². The van der Waals surface area contributed by atoms with E-state index in [0.29, 0.717) is 5.92 Å². The van der Waals surface area contributed by atoms with Gasteiger partial charge < -0.3 is 10.6 Å². The Kier molecular flexibility index (Phi) is 4.54. The molecule has 1 aromatic rings. The van der Waals surface area contributed by atoms with E-state index in [1.54, 1.807) is 6.07 Å². The molecule has 0 aliphatic heterocycles. The summed E-state index contributed by atoms with van der Waals surface area (Å²) in [5.41, 5.74) is -0.700. The fraction of sp³-hybridized carbons (Fsp3) is 0.588. The second-order valence-corrected chi connectivity index (χ2v) is 7.18. The Labute approximate surface area is 139 Å². The predicted octanol–water partition coefficient (Wildman–Crippen LogP) is 4.82. The highest BCUT2D eigenvalue weighted by molar-refractivity contribution is 7.80. The summed E-state index contributed by atoms with van der Waals surface area (Å²) < 4.78 is 39.0. The molecule has 0 radical (unpaired) electrons. The second-order valence-electron chi connectivity index (χ2n) is 6.77. The third-order valence-electron chi connectivity index (χ3n) is 5.27. The Hall–Kier alpha value is -1.30. The molecule has 2 aliphatic carbocycles. The standard InChI is InChI=1S/C17H21F3N2S/c1-10(13-9-11-6-7-12(13)8-11)21-16(23)22-15-5-3-2-4-14(15)17(18,19)20/h2-5,10-13H,6-9H2,1H3,(H2,21,22,23)/t10-,11-,12-,13+/m1/s1. The van der Waals surface area contributed by atoms with E-state index in [9.17, 15) is 13.2 Å². The second kappa shape index (κ2) is 6.30. The summed E-state index contributed by atoms with van der Waals surface area (Å²) >= 11 is 5.23. The molecule has 0 unspecified atom stereocenters. The average Bonchev–Trinajstić information content (AvgIpc) is 3.09. The molecule has 2 bridgehead atoms. The van der Waals surface area contributed by atoms with Gasteiger partial charge in [0.05, 0.1) is 11.3 Å². The van der Waals surface area contributed by atoms with Crippen molar-refractivity contribution in [2.24, 2.45) is 17.8 Å². The van der Waals surface area contributed by atoms with Crippen LogP contribution in [0.25, 0.3) is 0 Å². The van der Waals surface area contributed by atoms with Crippen LogP contribution in [0.2, 0.25) is 0 Å². The number of para-hydroxylation sites is 1. The van der Waals surface area contributed by atoms with Crippen LogP contribution in [0.1, 0.15) is 38.2 Å². The van der Waals surface area contributed by atoms with Crippen LogP contribution in [-0.4, -0.2) is 11.2 Å². The number of halogens is 3. The maximum absolute atomic E-state index is 13.0. The molecule has 2 N–H and O–H groups in total. The Bertz CT molecular complexity index is 587. The number of hydrogen-bond acceptors (Lipinski definition) is 1. The summed E-state index contributed by atoms with van der Waals surface area (Å²) in [5, 5.41) is 6.16. The van der Waals surface area contributed by atoms with Gasteiger partial charge in [0.25, 0.3) is 0 Å². The highest BCUT2D eigenvalue weighted by Crippen LogP contribution is 2.49. The van der Waals surface area contributed by atoms with Gasteiger partial charge in [0.2, 0.25) is 0 Å². The highest BCUT2D eigenvalue weighted by atomic mass is 32.1. The van der Waals surface area contributed by atoms with E-state index in [0.717, 1.165) is 17.9 Å². The normalized spacial score (nSPS) is 27.7. The van der Waals surface area contributed by atoms with Crippen LogP contribution in [0, 0.1) is 17.8 Å². The first-order valence-electron chi connectivity index (χ1n) is 8.08. The van der Waals surface area contributed by atoms with Crippen LogP contribution in [0.3, 0.4) is 0 Å². The molecule has 2 nitrogen and oxygen atoms in total. The maximum atomic E-state index is 13.0. The first-order chi connectivity index (χ1) is 10.8. The molecule has 0 spiro atoms. The van der Waals surface area contributed by atoms with Crippen molar-refractivity contribution in [2.45, 2.75) is 44.8 Å². The van der Waals surface area contributed by atoms with Crippen LogP contribution >= 0.6 is 12.2 Å². The molecule has 3 rings (SSSR count). The van der Waals surface area contributed by atoms with Gasteiger partial charge in [0.15, 0.2) is 5.11 Å². The van der Waals surface area contributed by atoms with Crippen molar-refractivity contribution in [1.82, 2.24) is 5.32 Å². The minimum absolute atomic E-state index is 0.00218. The van der Waals surface area contributed by atoms with Gasteiger partial charge in [-0.3, -0.25) is 0 Å². The minimum Gasteiger partial charge on any atom is -0.360 e. The Morgan fingerprint density at radius 2 is 1.96 bits per heavy atom. The Morgan fingerprint density at radius 3 is 2.57 bits per heavy atom. The lowest BCUT2D eigenvalue weighted by molar-refractivity contribution is -0.136. The van der Waals surface area contributed by atoms with Gasteiger partial charge in [0.1, 0.15) is 0 Å². The summed E-state index contributed by atoms with van der Waals surface area (Å²) in [5.74, 6) is 2.15. The number of anilines is 1. The van der Waals surface area contributed by atoms with E-state index in [1.165, 1.54) is 37.8 Å². The molecule has 0 amide bonds. The molecule has 1 aromatic carbocycles. The predicted molar refractivity (Wildman–Crippen MR) is 89.2 cm³/mol. The van der Waals surface area contributed by atoms with Crippen LogP contribution in [0.4, 0.5) is 18.9 Å².